The highest BCUT2D eigenvalue weighted by molar-refractivity contribution is 5.87. The highest BCUT2D eigenvalue weighted by atomic mass is 16.5. The van der Waals surface area contributed by atoms with E-state index in [1.807, 2.05) is 9.80 Å². The molecule has 2 aliphatic heterocycles. The molecule has 2 unspecified atom stereocenters. The van der Waals surface area contributed by atoms with Gasteiger partial charge < -0.3 is 18.9 Å². The summed E-state index contributed by atoms with van der Waals surface area (Å²) >= 11 is 0. The molecule has 0 saturated carbocycles. The first-order valence-electron chi connectivity index (χ1n) is 7.48. The van der Waals surface area contributed by atoms with Crippen molar-refractivity contribution in [3.63, 3.8) is 0 Å². The van der Waals surface area contributed by atoms with Crippen molar-refractivity contribution in [3.8, 4) is 0 Å². The number of esters is 2. The molecule has 2 aliphatic rings. The Balaban J connectivity index is 2.24. The maximum Gasteiger partial charge on any atom is 0.325 e. The van der Waals surface area contributed by atoms with E-state index in [1.165, 1.54) is 14.2 Å². The molecule has 0 aromatic rings. The predicted octanol–water partition coefficient (Wildman–Crippen LogP) is -1.27. The van der Waals surface area contributed by atoms with Crippen molar-refractivity contribution in [3.05, 3.63) is 0 Å². The van der Waals surface area contributed by atoms with Crippen molar-refractivity contribution in [2.45, 2.75) is 12.1 Å². The van der Waals surface area contributed by atoms with Gasteiger partial charge in [0.05, 0.1) is 40.6 Å². The lowest BCUT2D eigenvalue weighted by Gasteiger charge is -2.41. The zero-order valence-corrected chi connectivity index (χ0v) is 13.2. The SMILES string of the molecule is COC(=O)C(C(C(=O)OC)N1CCOCC1)N1CCOCC1. The van der Waals surface area contributed by atoms with Gasteiger partial charge in [-0.2, -0.15) is 0 Å². The zero-order valence-electron chi connectivity index (χ0n) is 13.2. The molecule has 8 nitrogen and oxygen atoms in total. The van der Waals surface area contributed by atoms with Crippen molar-refractivity contribution >= 4 is 11.9 Å². The summed E-state index contributed by atoms with van der Waals surface area (Å²) in [4.78, 5) is 28.6. The van der Waals surface area contributed by atoms with Crippen LogP contribution in [0.5, 0.6) is 0 Å². The van der Waals surface area contributed by atoms with Gasteiger partial charge in [-0.1, -0.05) is 0 Å². The number of morpholine rings is 2. The molecule has 2 heterocycles. The van der Waals surface area contributed by atoms with Gasteiger partial charge in [0, 0.05) is 26.2 Å². The third-order valence-electron chi connectivity index (χ3n) is 4.06. The topological polar surface area (TPSA) is 77.5 Å². The predicted molar refractivity (Wildman–Crippen MR) is 76.4 cm³/mol. The van der Waals surface area contributed by atoms with E-state index in [-0.39, 0.29) is 0 Å². The maximum atomic E-state index is 12.3. The standard InChI is InChI=1S/C14H24N2O6/c1-19-13(17)11(15-3-7-21-8-4-15)12(14(18)20-2)16-5-9-22-10-6-16/h11-12H,3-10H2,1-2H3. The van der Waals surface area contributed by atoms with E-state index in [1.54, 1.807) is 0 Å². The summed E-state index contributed by atoms with van der Waals surface area (Å²) in [5.74, 6) is -0.854. The molecule has 0 spiro atoms. The monoisotopic (exact) mass is 316 g/mol. The van der Waals surface area contributed by atoms with Gasteiger partial charge in [-0.3, -0.25) is 19.4 Å². The third kappa shape index (κ3) is 3.95. The van der Waals surface area contributed by atoms with Gasteiger partial charge >= 0.3 is 11.9 Å². The highest BCUT2D eigenvalue weighted by Gasteiger charge is 2.44. The van der Waals surface area contributed by atoms with Crippen LogP contribution in [0.3, 0.4) is 0 Å². The van der Waals surface area contributed by atoms with E-state index in [0.717, 1.165) is 0 Å². The molecule has 0 aromatic carbocycles. The molecule has 0 aromatic heterocycles. The second kappa shape index (κ2) is 8.42. The van der Waals surface area contributed by atoms with Gasteiger partial charge in [-0.15, -0.1) is 0 Å². The Morgan fingerprint density at radius 2 is 1.09 bits per heavy atom. The molecule has 0 amide bonds. The van der Waals surface area contributed by atoms with Crippen LogP contribution in [0.1, 0.15) is 0 Å². The van der Waals surface area contributed by atoms with Gasteiger partial charge in [0.1, 0.15) is 12.1 Å². The number of carbonyl (C=O) groups excluding carboxylic acids is 2. The minimum absolute atomic E-state index is 0.427. The Morgan fingerprint density at radius 3 is 1.36 bits per heavy atom. The minimum Gasteiger partial charge on any atom is -0.468 e. The molecule has 0 radical (unpaired) electrons. The summed E-state index contributed by atoms with van der Waals surface area (Å²) in [6.45, 7) is 4.45. The molecule has 0 bridgehead atoms. The Morgan fingerprint density at radius 1 is 0.773 bits per heavy atom. The molecule has 2 rings (SSSR count). The third-order valence-corrected chi connectivity index (χ3v) is 4.06. The lowest BCUT2D eigenvalue weighted by Crippen LogP contribution is -2.63. The average molecular weight is 316 g/mol. The average Bonchev–Trinajstić information content (AvgIpc) is 2.59. The van der Waals surface area contributed by atoms with Crippen LogP contribution in [0, 0.1) is 0 Å². The number of methoxy groups -OCH3 is 2. The number of rotatable bonds is 5. The fourth-order valence-corrected chi connectivity index (χ4v) is 2.91. The van der Waals surface area contributed by atoms with Crippen LogP contribution in [0.2, 0.25) is 0 Å². The van der Waals surface area contributed by atoms with Crippen molar-refractivity contribution in [2.75, 3.05) is 66.8 Å². The second-order valence-corrected chi connectivity index (χ2v) is 5.23. The van der Waals surface area contributed by atoms with Crippen LogP contribution in [-0.2, 0) is 28.5 Å². The quantitative estimate of drug-likeness (QED) is 0.581. The highest BCUT2D eigenvalue weighted by Crippen LogP contribution is 2.18. The first kappa shape index (κ1) is 17.1. The summed E-state index contributed by atoms with van der Waals surface area (Å²) in [6.07, 6.45) is 0. The Bertz CT molecular complexity index is 344. The summed E-state index contributed by atoms with van der Waals surface area (Å²) in [5.41, 5.74) is 0. The van der Waals surface area contributed by atoms with E-state index in [0.29, 0.717) is 52.6 Å². The first-order chi connectivity index (χ1) is 10.7. The lowest BCUT2D eigenvalue weighted by molar-refractivity contribution is -0.165. The van der Waals surface area contributed by atoms with Crippen molar-refractivity contribution in [1.82, 2.24) is 9.80 Å². The summed E-state index contributed by atoms with van der Waals surface area (Å²) in [6, 6.07) is -1.39. The summed E-state index contributed by atoms with van der Waals surface area (Å²) < 4.78 is 20.6. The number of ether oxygens (including phenoxy) is 4. The minimum atomic E-state index is -0.695. The van der Waals surface area contributed by atoms with Crippen LogP contribution >= 0.6 is 0 Å². The Kier molecular flexibility index (Phi) is 6.56. The second-order valence-electron chi connectivity index (χ2n) is 5.23. The molecule has 2 fully saturated rings. The molecule has 8 heteroatoms. The molecule has 2 atom stereocenters. The maximum absolute atomic E-state index is 12.3. The van der Waals surface area contributed by atoms with Crippen LogP contribution in [0.4, 0.5) is 0 Å². The number of carbonyl (C=O) groups is 2. The molecule has 22 heavy (non-hydrogen) atoms. The number of nitrogens with zero attached hydrogens (tertiary/aromatic N) is 2. The van der Waals surface area contributed by atoms with E-state index < -0.39 is 24.0 Å². The molecule has 0 aliphatic carbocycles. The molecular formula is C14H24N2O6. The molecular weight excluding hydrogens is 292 g/mol. The van der Waals surface area contributed by atoms with E-state index in [2.05, 4.69) is 0 Å². The zero-order chi connectivity index (χ0) is 15.9. The Labute approximate surface area is 130 Å². The van der Waals surface area contributed by atoms with Crippen LogP contribution in [-0.4, -0.2) is 101 Å². The fraction of sp³-hybridized carbons (Fsp3) is 0.857. The number of hydrogen-bond donors (Lipinski definition) is 0. The van der Waals surface area contributed by atoms with E-state index >= 15 is 0 Å². The van der Waals surface area contributed by atoms with E-state index in [4.69, 9.17) is 18.9 Å². The summed E-state index contributed by atoms with van der Waals surface area (Å²) in [5, 5.41) is 0. The van der Waals surface area contributed by atoms with Crippen molar-refractivity contribution in [1.29, 1.82) is 0 Å². The fourth-order valence-electron chi connectivity index (χ4n) is 2.91. The van der Waals surface area contributed by atoms with Gasteiger partial charge in [0.2, 0.25) is 0 Å². The van der Waals surface area contributed by atoms with Gasteiger partial charge in [0.15, 0.2) is 0 Å². The van der Waals surface area contributed by atoms with Crippen LogP contribution in [0.25, 0.3) is 0 Å². The molecule has 0 N–H and O–H groups in total. The largest absolute Gasteiger partial charge is 0.468 e. The van der Waals surface area contributed by atoms with Crippen molar-refractivity contribution in [2.24, 2.45) is 0 Å². The number of hydrogen-bond acceptors (Lipinski definition) is 8. The summed E-state index contributed by atoms with van der Waals surface area (Å²) in [7, 11) is 2.67. The smallest absolute Gasteiger partial charge is 0.325 e. The van der Waals surface area contributed by atoms with E-state index in [9.17, 15) is 9.59 Å². The van der Waals surface area contributed by atoms with Gasteiger partial charge in [-0.25, -0.2) is 0 Å². The van der Waals surface area contributed by atoms with Gasteiger partial charge in [0.25, 0.3) is 0 Å². The first-order valence-corrected chi connectivity index (χ1v) is 7.48. The van der Waals surface area contributed by atoms with Crippen molar-refractivity contribution < 1.29 is 28.5 Å². The Hall–Kier alpha value is -1.22. The molecule has 2 saturated heterocycles. The molecule has 126 valence electrons. The van der Waals surface area contributed by atoms with Crippen LogP contribution < -0.4 is 0 Å². The lowest BCUT2D eigenvalue weighted by atomic mass is 10.0. The van der Waals surface area contributed by atoms with Crippen LogP contribution in [0.15, 0.2) is 0 Å². The van der Waals surface area contributed by atoms with Gasteiger partial charge in [-0.05, 0) is 0 Å². The normalized spacial score (nSPS) is 23.5.